The molecule has 1 N–H and O–H groups in total. The fourth-order valence-corrected chi connectivity index (χ4v) is 3.09. The number of halogens is 2. The molecule has 0 heterocycles. The molecule has 0 atom stereocenters. The molecule has 0 bridgehead atoms. The number of carbonyl (C=O) groups is 1. The van der Waals surface area contributed by atoms with Crippen LogP contribution in [0.5, 0.6) is 5.75 Å². The highest BCUT2D eigenvalue weighted by atomic mass is 35.5. The van der Waals surface area contributed by atoms with E-state index in [0.717, 1.165) is 30.6 Å². The van der Waals surface area contributed by atoms with E-state index in [-0.39, 0.29) is 6.42 Å². The first kappa shape index (κ1) is 23.3. The molecule has 6 heteroatoms. The fraction of sp³-hybridized carbons (Fsp3) is 0.348. The molecule has 0 spiro atoms. The predicted octanol–water partition coefficient (Wildman–Crippen LogP) is 5.82. The summed E-state index contributed by atoms with van der Waals surface area (Å²) in [6.07, 6.45) is 8.55. The van der Waals surface area contributed by atoms with Crippen LogP contribution in [0.15, 0.2) is 54.6 Å². The second kappa shape index (κ2) is 14.0. The van der Waals surface area contributed by atoms with Crippen LogP contribution in [0.25, 0.3) is 6.08 Å². The summed E-state index contributed by atoms with van der Waals surface area (Å²) in [7, 11) is 0. The molecule has 2 aromatic rings. The van der Waals surface area contributed by atoms with Crippen molar-refractivity contribution in [3.05, 3.63) is 70.8 Å². The van der Waals surface area contributed by atoms with E-state index in [1.165, 1.54) is 12.0 Å². The maximum Gasteiger partial charge on any atom is 0.326 e. The van der Waals surface area contributed by atoms with Gasteiger partial charge in [0.15, 0.2) is 0 Å². The minimum atomic E-state index is -0.446. The lowest BCUT2D eigenvalue weighted by Crippen LogP contribution is -2.18. The van der Waals surface area contributed by atoms with Crippen molar-refractivity contribution in [1.82, 2.24) is 5.32 Å². The highest BCUT2D eigenvalue weighted by Crippen LogP contribution is 2.24. The van der Waals surface area contributed by atoms with E-state index in [2.05, 4.69) is 33.9 Å². The summed E-state index contributed by atoms with van der Waals surface area (Å²) >= 11 is 11.3. The SMILES string of the molecule is O=C(CCNC/C=C/c1ccc(OCCCCCc2ccccc2)cc1Cl)OCl. The summed E-state index contributed by atoms with van der Waals surface area (Å²) in [6, 6.07) is 16.3. The van der Waals surface area contributed by atoms with Gasteiger partial charge in [-0.05, 0) is 55.0 Å². The quantitative estimate of drug-likeness (QED) is 0.402. The predicted molar refractivity (Wildman–Crippen MR) is 119 cm³/mol. The monoisotopic (exact) mass is 435 g/mol. The Morgan fingerprint density at radius 3 is 2.66 bits per heavy atom. The van der Waals surface area contributed by atoms with Crippen molar-refractivity contribution < 1.29 is 13.8 Å². The lowest BCUT2D eigenvalue weighted by Gasteiger charge is -2.08. The van der Waals surface area contributed by atoms with Crippen molar-refractivity contribution in [2.75, 3.05) is 19.7 Å². The maximum atomic E-state index is 10.9. The number of rotatable bonds is 13. The first-order valence-corrected chi connectivity index (χ1v) is 10.5. The molecule has 0 amide bonds. The molecule has 0 saturated carbocycles. The Morgan fingerprint density at radius 1 is 1.07 bits per heavy atom. The van der Waals surface area contributed by atoms with Crippen molar-refractivity contribution in [2.45, 2.75) is 32.1 Å². The number of nitrogens with one attached hydrogen (secondary N) is 1. The van der Waals surface area contributed by atoms with Gasteiger partial charge in [0.2, 0.25) is 0 Å². The van der Waals surface area contributed by atoms with Crippen molar-refractivity contribution in [2.24, 2.45) is 0 Å². The lowest BCUT2D eigenvalue weighted by molar-refractivity contribution is -0.133. The van der Waals surface area contributed by atoms with E-state index in [4.69, 9.17) is 28.2 Å². The molecule has 0 aliphatic carbocycles. The van der Waals surface area contributed by atoms with E-state index < -0.39 is 5.97 Å². The summed E-state index contributed by atoms with van der Waals surface area (Å²) in [5.41, 5.74) is 2.31. The van der Waals surface area contributed by atoms with Gasteiger partial charge < -0.3 is 14.3 Å². The summed E-state index contributed by atoms with van der Waals surface area (Å²) < 4.78 is 9.87. The first-order chi connectivity index (χ1) is 14.2. The van der Waals surface area contributed by atoms with Gasteiger partial charge in [0.05, 0.1) is 18.1 Å². The van der Waals surface area contributed by atoms with Gasteiger partial charge in [0.1, 0.15) is 17.6 Å². The third-order valence-electron chi connectivity index (χ3n) is 4.34. The molecule has 29 heavy (non-hydrogen) atoms. The van der Waals surface area contributed by atoms with E-state index in [1.807, 2.05) is 36.4 Å². The molecule has 0 aliphatic rings. The highest BCUT2D eigenvalue weighted by molar-refractivity contribution is 6.32. The number of hydrogen-bond acceptors (Lipinski definition) is 4. The number of carbonyl (C=O) groups excluding carboxylic acids is 1. The second-order valence-corrected chi connectivity index (χ2v) is 7.20. The average Bonchev–Trinajstić information content (AvgIpc) is 2.74. The van der Waals surface area contributed by atoms with Gasteiger partial charge in [0.25, 0.3) is 0 Å². The fourth-order valence-electron chi connectivity index (χ4n) is 2.78. The van der Waals surface area contributed by atoms with Gasteiger partial charge in [-0.2, -0.15) is 0 Å². The Bertz CT molecular complexity index is 766. The van der Waals surface area contributed by atoms with Gasteiger partial charge in [-0.15, -0.1) is 0 Å². The van der Waals surface area contributed by atoms with Crippen LogP contribution in [-0.2, 0) is 15.5 Å². The van der Waals surface area contributed by atoms with Crippen molar-refractivity contribution >= 4 is 35.5 Å². The van der Waals surface area contributed by atoms with Crippen molar-refractivity contribution in [1.29, 1.82) is 0 Å². The van der Waals surface area contributed by atoms with E-state index in [9.17, 15) is 4.79 Å². The first-order valence-electron chi connectivity index (χ1n) is 9.84. The Balaban J connectivity index is 1.61. The molecule has 2 rings (SSSR count). The Morgan fingerprint density at radius 2 is 1.90 bits per heavy atom. The molecule has 0 aliphatic heterocycles. The van der Waals surface area contributed by atoms with Crippen LogP contribution in [0, 0.1) is 0 Å². The summed E-state index contributed by atoms with van der Waals surface area (Å²) in [5, 5.41) is 3.74. The van der Waals surface area contributed by atoms with Crippen LogP contribution >= 0.6 is 23.5 Å². The smallest absolute Gasteiger partial charge is 0.326 e. The standard InChI is InChI=1S/C23H27Cl2NO3/c24-22-18-21(28-17-6-2-5-10-19-8-3-1-4-9-19)13-12-20(22)11-7-15-26-16-14-23(27)29-25/h1,3-4,7-9,11-13,18,26H,2,5-6,10,14-17H2/b11-7+. The molecule has 156 valence electrons. The molecule has 0 radical (unpaired) electrons. The van der Waals surface area contributed by atoms with Gasteiger partial charge in [0, 0.05) is 13.1 Å². The van der Waals surface area contributed by atoms with Gasteiger partial charge >= 0.3 is 5.97 Å². The molecular weight excluding hydrogens is 409 g/mol. The Hall–Kier alpha value is -2.01. The number of benzene rings is 2. The van der Waals surface area contributed by atoms with Crippen LogP contribution in [-0.4, -0.2) is 25.7 Å². The molecule has 4 nitrogen and oxygen atoms in total. The second-order valence-electron chi connectivity index (χ2n) is 6.63. The number of ether oxygens (including phenoxy) is 1. The zero-order valence-electron chi connectivity index (χ0n) is 16.4. The van der Waals surface area contributed by atoms with Crippen LogP contribution in [0.4, 0.5) is 0 Å². The third-order valence-corrected chi connectivity index (χ3v) is 4.84. The maximum absolute atomic E-state index is 10.9. The number of aryl methyl sites for hydroxylation is 1. The topological polar surface area (TPSA) is 47.6 Å². The normalized spacial score (nSPS) is 11.0. The zero-order valence-corrected chi connectivity index (χ0v) is 17.9. The average molecular weight is 436 g/mol. The minimum Gasteiger partial charge on any atom is -0.494 e. The summed E-state index contributed by atoms with van der Waals surface area (Å²) in [6.45, 7) is 1.81. The lowest BCUT2D eigenvalue weighted by atomic mass is 10.1. The van der Waals surface area contributed by atoms with E-state index in [0.29, 0.717) is 24.7 Å². The van der Waals surface area contributed by atoms with Gasteiger partial charge in [-0.1, -0.05) is 54.1 Å². The molecular formula is C23H27Cl2NO3. The molecule has 0 aromatic heterocycles. The van der Waals surface area contributed by atoms with Crippen LogP contribution in [0.3, 0.4) is 0 Å². The third kappa shape index (κ3) is 9.84. The van der Waals surface area contributed by atoms with Crippen LogP contribution < -0.4 is 10.1 Å². The number of unbranched alkanes of at least 4 members (excludes halogenated alkanes) is 2. The molecule has 0 saturated heterocycles. The van der Waals surface area contributed by atoms with Crippen LogP contribution in [0.1, 0.15) is 36.8 Å². The van der Waals surface area contributed by atoms with E-state index >= 15 is 0 Å². The zero-order chi connectivity index (χ0) is 20.7. The largest absolute Gasteiger partial charge is 0.494 e. The molecule has 2 aromatic carbocycles. The highest BCUT2D eigenvalue weighted by Gasteiger charge is 2.02. The van der Waals surface area contributed by atoms with E-state index in [1.54, 1.807) is 0 Å². The van der Waals surface area contributed by atoms with Crippen LogP contribution in [0.2, 0.25) is 5.02 Å². The van der Waals surface area contributed by atoms with Crippen molar-refractivity contribution in [3.8, 4) is 5.75 Å². The van der Waals surface area contributed by atoms with Gasteiger partial charge in [-0.3, -0.25) is 4.79 Å². The Labute approximate surface area is 183 Å². The minimum absolute atomic E-state index is 0.233. The Kier molecular flexibility index (Phi) is 11.3. The summed E-state index contributed by atoms with van der Waals surface area (Å²) in [4.78, 5) is 10.9. The summed E-state index contributed by atoms with van der Waals surface area (Å²) in [5.74, 6) is 0.339. The van der Waals surface area contributed by atoms with Crippen molar-refractivity contribution in [3.63, 3.8) is 0 Å². The number of hydrogen-bond donors (Lipinski definition) is 1. The van der Waals surface area contributed by atoms with Gasteiger partial charge in [-0.25, -0.2) is 0 Å². The molecule has 0 unspecified atom stereocenters. The molecule has 0 fully saturated rings.